The first-order chi connectivity index (χ1) is 27.1. The van der Waals surface area contributed by atoms with E-state index in [-0.39, 0.29) is 10.5 Å². The highest BCUT2D eigenvalue weighted by molar-refractivity contribution is 6.74. The van der Waals surface area contributed by atoms with Gasteiger partial charge in [-0.25, -0.2) is 0 Å². The number of benzene rings is 2. The van der Waals surface area contributed by atoms with Crippen LogP contribution in [0.4, 0.5) is 0 Å². The molecule has 2 aromatic carbocycles. The third-order valence-electron chi connectivity index (χ3n) is 17.6. The highest BCUT2D eigenvalue weighted by Gasteiger charge is 2.56. The minimum atomic E-state index is -1.85. The van der Waals surface area contributed by atoms with Crippen LogP contribution in [0.5, 0.6) is 11.5 Å². The van der Waals surface area contributed by atoms with Crippen LogP contribution in [0, 0.1) is 34.5 Å². The monoisotopic (exact) mass is 792 g/mol. The molecule has 0 amide bonds. The van der Waals surface area contributed by atoms with Crippen LogP contribution in [0.3, 0.4) is 0 Å². The van der Waals surface area contributed by atoms with Crippen LogP contribution in [-0.2, 0) is 37.0 Å². The molecule has 3 aromatic rings. The van der Waals surface area contributed by atoms with E-state index in [9.17, 15) is 9.90 Å². The number of Topliss-reactive ketones (excluding diaryl/α,β-unsaturated/α-hetero) is 1. The van der Waals surface area contributed by atoms with Crippen LogP contribution < -0.4 is 9.74 Å². The van der Waals surface area contributed by atoms with Crippen molar-refractivity contribution in [1.29, 1.82) is 0 Å². The predicted octanol–water partition coefficient (Wildman–Crippen LogP) is 12.6. The van der Waals surface area contributed by atoms with Gasteiger partial charge in [0.25, 0.3) is 0 Å². The fraction of sp³-hybridized carbons (Fsp3) is 0.667. The lowest BCUT2D eigenvalue weighted by Crippen LogP contribution is -2.48. The summed E-state index contributed by atoms with van der Waals surface area (Å²) < 4.78 is 12.3. The zero-order valence-electron chi connectivity index (χ0n) is 36.9. The largest absolute Gasteiger partial charge is 0.543 e. The molecule has 6 heteroatoms. The maximum atomic E-state index is 12.6. The van der Waals surface area contributed by atoms with Crippen molar-refractivity contribution in [2.45, 2.75) is 181 Å². The molecule has 1 heterocycles. The number of carbonyl (C=O) groups is 1. The summed E-state index contributed by atoms with van der Waals surface area (Å²) in [6.45, 7) is 21.7. The van der Waals surface area contributed by atoms with Crippen LogP contribution in [0.15, 0.2) is 47.1 Å². The number of nitrogens with one attached hydrogen (secondary N) is 1. The van der Waals surface area contributed by atoms with Crippen molar-refractivity contribution in [1.82, 2.24) is 5.32 Å². The fourth-order valence-electron chi connectivity index (χ4n) is 13.1. The molecule has 0 saturated heterocycles. The Hall–Kier alpha value is -2.83. The number of fused-ring (bicyclic) bond motifs is 10. The van der Waals surface area contributed by atoms with E-state index in [4.69, 9.17) is 8.84 Å². The third-order valence-corrected chi connectivity index (χ3v) is 21.9. The van der Waals surface area contributed by atoms with E-state index in [1.807, 2.05) is 6.07 Å². The summed E-state index contributed by atoms with van der Waals surface area (Å²) in [5, 5.41) is 14.4. The molecule has 9 rings (SSSR count). The van der Waals surface area contributed by atoms with Gasteiger partial charge in [-0.15, -0.1) is 0 Å². The lowest BCUT2D eigenvalue weighted by molar-refractivity contribution is -0.129. The van der Waals surface area contributed by atoms with Crippen LogP contribution in [0.1, 0.15) is 164 Å². The summed E-state index contributed by atoms with van der Waals surface area (Å²) >= 11 is 0. The minimum absolute atomic E-state index is 0.0301. The van der Waals surface area contributed by atoms with Crippen molar-refractivity contribution in [3.63, 3.8) is 0 Å². The van der Waals surface area contributed by atoms with Gasteiger partial charge in [-0.3, -0.25) is 4.79 Å². The molecule has 1 aromatic heterocycles. The number of hydrogen-bond donors (Lipinski definition) is 2. The topological polar surface area (TPSA) is 71.7 Å². The van der Waals surface area contributed by atoms with Gasteiger partial charge in [-0.1, -0.05) is 60.6 Å². The number of rotatable bonds is 7. The van der Waals surface area contributed by atoms with E-state index in [1.54, 1.807) is 17.4 Å². The Bertz CT molecular complexity index is 1940. The van der Waals surface area contributed by atoms with E-state index in [1.165, 1.54) is 61.6 Å². The van der Waals surface area contributed by atoms with Crippen molar-refractivity contribution in [2.24, 2.45) is 34.5 Å². The number of carbonyl (C=O) groups excluding carboxylic acids is 1. The lowest BCUT2D eigenvalue weighted by Gasteiger charge is -2.51. The Balaban J connectivity index is 0.000000160. The van der Waals surface area contributed by atoms with Gasteiger partial charge in [0.15, 0.2) is 0 Å². The Labute approximate surface area is 345 Å². The number of hydrogen-bond acceptors (Lipinski definition) is 5. The Kier molecular flexibility index (Phi) is 11.0. The fourth-order valence-corrected chi connectivity index (χ4v) is 14.2. The number of phenols is 1. The van der Waals surface area contributed by atoms with Crippen molar-refractivity contribution >= 4 is 14.1 Å². The van der Waals surface area contributed by atoms with Crippen LogP contribution >= 0.6 is 0 Å². The zero-order valence-corrected chi connectivity index (χ0v) is 37.9. The molecule has 0 radical (unpaired) electrons. The molecule has 9 atom stereocenters. The molecule has 4 fully saturated rings. The first-order valence-corrected chi connectivity index (χ1v) is 26.0. The summed E-state index contributed by atoms with van der Waals surface area (Å²) in [6.07, 6.45) is 17.9. The van der Waals surface area contributed by atoms with E-state index in [0.717, 1.165) is 80.4 Å². The van der Waals surface area contributed by atoms with Crippen LogP contribution in [0.2, 0.25) is 18.1 Å². The van der Waals surface area contributed by atoms with Gasteiger partial charge in [0.1, 0.15) is 23.0 Å². The second-order valence-electron chi connectivity index (χ2n) is 21.3. The van der Waals surface area contributed by atoms with Gasteiger partial charge in [-0.2, -0.15) is 0 Å². The first kappa shape index (κ1) is 40.9. The first-order valence-electron chi connectivity index (χ1n) is 23.1. The van der Waals surface area contributed by atoms with Gasteiger partial charge in [0.05, 0.1) is 12.8 Å². The summed E-state index contributed by atoms with van der Waals surface area (Å²) in [6, 6.07) is 13.9. The standard InChI is InChI=1S/C26H40O2Si.C25H33NO2/c1-8-17-15-21-18(16-23(17)28-29(6,7)25(2,3)4)9-10-20-19(21)13-14-26(5)22(20)11-12-24(26)27;1-3-16-13-21-17(14-23(16)27)6-7-20-19(21)10-11-25(2)22(20)8-9-24(25)26-15-18-5-4-12-28-18/h15-16,19-20,22H,8-14H2,1-7H3;4-5,12-14,19-20,22,24,26-27H,3,6-11,15H2,1-2H3/t19?,20?,22?,26-;19?,20?,22?,24-,25-/m00/s1. The number of phenolic OH excluding ortho intramolecular Hbond substituents is 1. The molecule has 0 aliphatic heterocycles. The van der Waals surface area contributed by atoms with Crippen LogP contribution in [-0.4, -0.2) is 25.2 Å². The van der Waals surface area contributed by atoms with Crippen molar-refractivity contribution < 1.29 is 18.7 Å². The van der Waals surface area contributed by atoms with Crippen molar-refractivity contribution in [3.05, 3.63) is 81.8 Å². The van der Waals surface area contributed by atoms with Gasteiger partial charge in [-0.05, 0) is 200 Å². The maximum Gasteiger partial charge on any atom is 0.250 e. The normalized spacial score (nSPS) is 32.9. The summed E-state index contributed by atoms with van der Waals surface area (Å²) in [7, 11) is -1.85. The molecule has 57 heavy (non-hydrogen) atoms. The summed E-state index contributed by atoms with van der Waals surface area (Å²) in [4.78, 5) is 12.6. The average Bonchev–Trinajstić information content (AvgIpc) is 3.90. The summed E-state index contributed by atoms with van der Waals surface area (Å²) in [5.41, 5.74) is 8.94. The Morgan fingerprint density at radius 2 is 1.47 bits per heavy atom. The van der Waals surface area contributed by atoms with Gasteiger partial charge < -0.3 is 19.3 Å². The second kappa shape index (κ2) is 15.3. The number of furan rings is 1. The zero-order chi connectivity index (χ0) is 40.5. The molecule has 310 valence electrons. The summed E-state index contributed by atoms with van der Waals surface area (Å²) in [5.74, 6) is 7.49. The molecular formula is C51H73NO4Si. The van der Waals surface area contributed by atoms with Gasteiger partial charge >= 0.3 is 0 Å². The van der Waals surface area contributed by atoms with E-state index in [2.05, 4.69) is 97.2 Å². The molecule has 5 nitrogen and oxygen atoms in total. The molecule has 0 spiro atoms. The number of aromatic hydroxyl groups is 1. The smallest absolute Gasteiger partial charge is 0.250 e. The number of ketones is 1. The SMILES string of the molecule is CCc1cc2c(cc1O)CCC1C2CC[C@@]2(C)C1CC[C@@H]2NCc1ccco1.CCc1cc2c(cc1O[Si](C)(C)C(C)(C)C)CCC1C2CC[C@]2(C)C(=O)CCC12. The highest BCUT2D eigenvalue weighted by Crippen LogP contribution is 2.62. The molecule has 0 bridgehead atoms. The number of aryl methyl sites for hydroxylation is 4. The van der Waals surface area contributed by atoms with Crippen LogP contribution in [0.25, 0.3) is 0 Å². The van der Waals surface area contributed by atoms with E-state index < -0.39 is 8.32 Å². The molecular weight excluding hydrogens is 719 g/mol. The molecule has 6 aliphatic rings. The van der Waals surface area contributed by atoms with Gasteiger partial charge in [0, 0.05) is 17.9 Å². The maximum absolute atomic E-state index is 12.6. The quantitative estimate of drug-likeness (QED) is 0.233. The molecule has 2 N–H and O–H groups in total. The van der Waals surface area contributed by atoms with Crippen molar-refractivity contribution in [2.75, 3.05) is 0 Å². The van der Waals surface area contributed by atoms with E-state index >= 15 is 0 Å². The molecule has 4 saturated carbocycles. The molecule has 6 aliphatic carbocycles. The lowest BCUT2D eigenvalue weighted by atomic mass is 9.55. The Morgan fingerprint density at radius 3 is 2.12 bits per heavy atom. The third kappa shape index (κ3) is 7.19. The Morgan fingerprint density at radius 1 is 0.825 bits per heavy atom. The van der Waals surface area contributed by atoms with Crippen molar-refractivity contribution in [3.8, 4) is 11.5 Å². The highest BCUT2D eigenvalue weighted by atomic mass is 28.4. The minimum Gasteiger partial charge on any atom is -0.543 e. The second-order valence-corrected chi connectivity index (χ2v) is 26.0. The average molecular weight is 792 g/mol. The molecule has 6 unspecified atom stereocenters. The van der Waals surface area contributed by atoms with Gasteiger partial charge in [0.2, 0.25) is 8.32 Å². The van der Waals surface area contributed by atoms with E-state index in [0.29, 0.717) is 46.7 Å². The predicted molar refractivity (Wildman–Crippen MR) is 235 cm³/mol.